The van der Waals surface area contributed by atoms with Gasteiger partial charge in [-0.1, -0.05) is 39.0 Å². The van der Waals surface area contributed by atoms with Gasteiger partial charge in [-0.25, -0.2) is 8.42 Å². The Bertz CT molecular complexity index is 1120. The zero-order valence-electron chi connectivity index (χ0n) is 20.6. The predicted molar refractivity (Wildman–Crippen MR) is 139 cm³/mol. The van der Waals surface area contributed by atoms with Crippen LogP contribution in [0.25, 0.3) is 0 Å². The average Bonchev–Trinajstić information content (AvgIpc) is 2.89. The van der Waals surface area contributed by atoms with E-state index in [0.717, 1.165) is 23.8 Å². The molecule has 2 aromatic carbocycles. The summed E-state index contributed by atoms with van der Waals surface area (Å²) in [6.07, 6.45) is 8.77. The van der Waals surface area contributed by atoms with Gasteiger partial charge in [0.1, 0.15) is 11.4 Å². The number of nitrogens with zero attached hydrogens (tertiary/aromatic N) is 3. The van der Waals surface area contributed by atoms with Gasteiger partial charge in [0.25, 0.3) is 5.69 Å². The number of nitro groups is 1. The molecule has 0 atom stereocenters. The highest BCUT2D eigenvalue weighted by molar-refractivity contribution is 7.89. The van der Waals surface area contributed by atoms with Crippen LogP contribution in [-0.2, 0) is 14.8 Å². The third-order valence-corrected chi connectivity index (χ3v) is 7.71. The van der Waals surface area contributed by atoms with Gasteiger partial charge in [-0.15, -0.1) is 0 Å². The number of rotatable bonds is 14. The second kappa shape index (κ2) is 13.9. The van der Waals surface area contributed by atoms with E-state index in [1.54, 1.807) is 0 Å². The molecule has 1 aliphatic rings. The molecule has 11 heteroatoms. The summed E-state index contributed by atoms with van der Waals surface area (Å²) >= 11 is 0. The molecule has 2 aromatic rings. The molecule has 1 fully saturated rings. The number of hydrogen-bond donors (Lipinski definition) is 1. The van der Waals surface area contributed by atoms with Crippen LogP contribution in [0.2, 0.25) is 0 Å². The van der Waals surface area contributed by atoms with Crippen molar-refractivity contribution in [2.75, 3.05) is 38.3 Å². The summed E-state index contributed by atoms with van der Waals surface area (Å²) in [5.41, 5.74) is 3.15. The van der Waals surface area contributed by atoms with Crippen LogP contribution in [0.1, 0.15) is 51.0 Å². The minimum Gasteiger partial charge on any atom is -0.494 e. The smallest absolute Gasteiger partial charge is 0.295 e. The van der Waals surface area contributed by atoms with Crippen molar-refractivity contribution < 1.29 is 22.8 Å². The number of unbranched alkanes of at least 4 members (excludes halogenated alkanes) is 5. The number of hydrazone groups is 1. The standard InChI is InChI=1S/C25H34N4O6S/c1-2-3-4-5-6-7-16-35-22-10-8-21(9-11-22)20-26-27-24-13-12-23(19-25(24)29(30)31)36(32,33)28-14-17-34-18-15-28/h8-13,19-20,27H,2-7,14-18H2,1H3. The van der Waals surface area contributed by atoms with Crippen molar-refractivity contribution >= 4 is 27.6 Å². The summed E-state index contributed by atoms with van der Waals surface area (Å²) in [6, 6.07) is 11.1. The highest BCUT2D eigenvalue weighted by Gasteiger charge is 2.28. The number of nitro benzene ring substituents is 1. The van der Waals surface area contributed by atoms with E-state index >= 15 is 0 Å². The summed E-state index contributed by atoms with van der Waals surface area (Å²) in [4.78, 5) is 10.8. The van der Waals surface area contributed by atoms with Gasteiger partial charge in [-0.3, -0.25) is 15.5 Å². The van der Waals surface area contributed by atoms with Crippen molar-refractivity contribution in [2.24, 2.45) is 5.10 Å². The van der Waals surface area contributed by atoms with Crippen molar-refractivity contribution in [3.05, 3.63) is 58.1 Å². The van der Waals surface area contributed by atoms with Gasteiger partial charge >= 0.3 is 0 Å². The number of anilines is 1. The average molecular weight is 519 g/mol. The molecular weight excluding hydrogens is 484 g/mol. The first-order chi connectivity index (χ1) is 17.4. The maximum absolute atomic E-state index is 12.8. The number of sulfonamides is 1. The van der Waals surface area contributed by atoms with Crippen LogP contribution in [-0.4, -0.2) is 56.8 Å². The summed E-state index contributed by atoms with van der Waals surface area (Å²) in [5, 5.41) is 15.7. The molecule has 1 saturated heterocycles. The molecule has 0 saturated carbocycles. The summed E-state index contributed by atoms with van der Waals surface area (Å²) < 4.78 is 37.9. The van der Waals surface area contributed by atoms with Crippen molar-refractivity contribution in [3.8, 4) is 5.75 Å². The zero-order valence-corrected chi connectivity index (χ0v) is 21.4. The molecule has 0 spiro atoms. The lowest BCUT2D eigenvalue weighted by Crippen LogP contribution is -2.40. The first-order valence-corrected chi connectivity index (χ1v) is 13.7. The molecule has 1 heterocycles. The minimum atomic E-state index is -3.85. The Morgan fingerprint density at radius 1 is 1.08 bits per heavy atom. The third-order valence-electron chi connectivity index (χ3n) is 5.82. The normalized spacial score (nSPS) is 14.7. The van der Waals surface area contributed by atoms with Crippen LogP contribution in [0.15, 0.2) is 52.5 Å². The second-order valence-electron chi connectivity index (χ2n) is 8.51. The molecule has 36 heavy (non-hydrogen) atoms. The van der Waals surface area contributed by atoms with Gasteiger partial charge in [0.05, 0.1) is 35.9 Å². The molecule has 0 aliphatic carbocycles. The Morgan fingerprint density at radius 3 is 2.47 bits per heavy atom. The largest absolute Gasteiger partial charge is 0.494 e. The quantitative estimate of drug-likeness (QED) is 0.165. The Morgan fingerprint density at radius 2 is 1.78 bits per heavy atom. The molecule has 0 aromatic heterocycles. The number of benzene rings is 2. The fraction of sp³-hybridized carbons (Fsp3) is 0.480. The van der Waals surface area contributed by atoms with Gasteiger partial charge in [-0.05, 0) is 48.4 Å². The Hall–Kier alpha value is -3.02. The lowest BCUT2D eigenvalue weighted by Gasteiger charge is -2.26. The summed E-state index contributed by atoms with van der Waals surface area (Å²) in [7, 11) is -3.85. The fourth-order valence-corrected chi connectivity index (χ4v) is 5.18. The maximum atomic E-state index is 12.8. The van der Waals surface area contributed by atoms with E-state index in [4.69, 9.17) is 9.47 Å². The van der Waals surface area contributed by atoms with Gasteiger partial charge in [0.2, 0.25) is 10.0 Å². The van der Waals surface area contributed by atoms with E-state index in [9.17, 15) is 18.5 Å². The molecule has 1 aliphatic heterocycles. The van der Waals surface area contributed by atoms with Gasteiger partial charge in [0, 0.05) is 19.2 Å². The van der Waals surface area contributed by atoms with Crippen LogP contribution < -0.4 is 10.2 Å². The molecule has 0 radical (unpaired) electrons. The van der Waals surface area contributed by atoms with E-state index in [-0.39, 0.29) is 29.4 Å². The topological polar surface area (TPSA) is 123 Å². The fourth-order valence-electron chi connectivity index (χ4n) is 3.75. The van der Waals surface area contributed by atoms with Crippen LogP contribution in [0.3, 0.4) is 0 Å². The van der Waals surface area contributed by atoms with Crippen LogP contribution in [0.4, 0.5) is 11.4 Å². The zero-order chi connectivity index (χ0) is 25.8. The Kier molecular flexibility index (Phi) is 10.6. The molecule has 3 rings (SSSR count). The van der Waals surface area contributed by atoms with Crippen molar-refractivity contribution in [1.29, 1.82) is 0 Å². The number of ether oxygens (including phenoxy) is 2. The van der Waals surface area contributed by atoms with Crippen LogP contribution in [0.5, 0.6) is 5.75 Å². The number of nitrogens with one attached hydrogen (secondary N) is 1. The van der Waals surface area contributed by atoms with Crippen molar-refractivity contribution in [1.82, 2.24) is 4.31 Å². The van der Waals surface area contributed by atoms with Crippen molar-refractivity contribution in [3.63, 3.8) is 0 Å². The SMILES string of the molecule is CCCCCCCCOc1ccc(C=NNc2ccc(S(=O)(=O)N3CCOCC3)cc2[N+](=O)[O-])cc1. The molecule has 0 bridgehead atoms. The first kappa shape index (κ1) is 27.6. The van der Waals surface area contributed by atoms with E-state index in [0.29, 0.717) is 19.8 Å². The van der Waals surface area contributed by atoms with Gasteiger partial charge in [0.15, 0.2) is 0 Å². The Labute approximate surface area is 212 Å². The number of morpholine rings is 1. The molecule has 0 amide bonds. The predicted octanol–water partition coefficient (Wildman–Crippen LogP) is 4.80. The highest BCUT2D eigenvalue weighted by atomic mass is 32.2. The Balaban J connectivity index is 1.56. The second-order valence-corrected chi connectivity index (χ2v) is 10.4. The minimum absolute atomic E-state index is 0.0936. The van der Waals surface area contributed by atoms with Crippen molar-refractivity contribution in [2.45, 2.75) is 50.3 Å². The first-order valence-electron chi connectivity index (χ1n) is 12.3. The lowest BCUT2D eigenvalue weighted by molar-refractivity contribution is -0.384. The lowest BCUT2D eigenvalue weighted by atomic mass is 10.1. The third kappa shape index (κ3) is 8.00. The highest BCUT2D eigenvalue weighted by Crippen LogP contribution is 2.29. The maximum Gasteiger partial charge on any atom is 0.295 e. The molecular formula is C25H34N4O6S. The van der Waals surface area contributed by atoms with Gasteiger partial charge in [-0.2, -0.15) is 9.41 Å². The van der Waals surface area contributed by atoms with Crippen LogP contribution in [0, 0.1) is 10.1 Å². The molecule has 196 valence electrons. The summed E-state index contributed by atoms with van der Waals surface area (Å²) in [5.74, 6) is 0.779. The van der Waals surface area contributed by atoms with E-state index in [1.165, 1.54) is 54.8 Å². The van der Waals surface area contributed by atoms with Gasteiger partial charge < -0.3 is 9.47 Å². The number of hydrogen-bond acceptors (Lipinski definition) is 8. The molecule has 0 unspecified atom stereocenters. The van der Waals surface area contributed by atoms with E-state index in [1.807, 2.05) is 24.3 Å². The van der Waals surface area contributed by atoms with E-state index in [2.05, 4.69) is 17.5 Å². The molecule has 1 N–H and O–H groups in total. The monoisotopic (exact) mass is 518 g/mol. The summed E-state index contributed by atoms with van der Waals surface area (Å²) in [6.45, 7) is 3.90. The van der Waals surface area contributed by atoms with E-state index < -0.39 is 14.9 Å². The van der Waals surface area contributed by atoms with Crippen LogP contribution >= 0.6 is 0 Å². The molecule has 10 nitrogen and oxygen atoms in total.